The molecule has 0 saturated heterocycles. The molecule has 2 aromatic carbocycles. The molecule has 4 rings (SSSR count). The fourth-order valence-electron chi connectivity index (χ4n) is 3.58. The van der Waals surface area contributed by atoms with Crippen LogP contribution in [-0.2, 0) is 22.6 Å². The number of benzene rings is 2. The maximum absolute atomic E-state index is 13.4. The molecule has 174 valence electrons. The zero-order valence-electron chi connectivity index (χ0n) is 17.9. The number of hydrogen-bond donors (Lipinski definition) is 3. The number of halogens is 2. The van der Waals surface area contributed by atoms with Crippen molar-refractivity contribution in [3.8, 4) is 0 Å². The smallest absolute Gasteiger partial charge is 0.263 e. The van der Waals surface area contributed by atoms with Gasteiger partial charge in [-0.2, -0.15) is 0 Å². The van der Waals surface area contributed by atoms with Gasteiger partial charge in [0, 0.05) is 30.5 Å². The predicted octanol–water partition coefficient (Wildman–Crippen LogP) is 2.43. The van der Waals surface area contributed by atoms with E-state index in [-0.39, 0.29) is 43.3 Å². The first-order chi connectivity index (χ1) is 16.3. The Morgan fingerprint density at radius 3 is 2.65 bits per heavy atom. The summed E-state index contributed by atoms with van der Waals surface area (Å²) in [6.45, 7) is -0.0470. The normalized spacial score (nSPS) is 12.1. The van der Waals surface area contributed by atoms with Gasteiger partial charge < -0.3 is 20.5 Å². The van der Waals surface area contributed by atoms with Crippen LogP contribution in [0.3, 0.4) is 0 Å². The van der Waals surface area contributed by atoms with Gasteiger partial charge in [-0.25, -0.2) is 8.78 Å². The minimum atomic E-state index is -1.03. The Bertz CT molecular complexity index is 1350. The molecule has 0 bridgehead atoms. The molecular formula is C24H20F2N4O4. The Morgan fingerprint density at radius 1 is 1.03 bits per heavy atom. The van der Waals surface area contributed by atoms with Crippen LogP contribution in [0.1, 0.15) is 27.9 Å². The van der Waals surface area contributed by atoms with E-state index in [0.717, 1.165) is 17.7 Å². The Kier molecular flexibility index (Phi) is 6.48. The average molecular weight is 466 g/mol. The lowest BCUT2D eigenvalue weighted by molar-refractivity contribution is -0.116. The minimum absolute atomic E-state index is 0.00679. The Hall–Kier alpha value is -4.34. The fourth-order valence-corrected chi connectivity index (χ4v) is 3.58. The molecule has 0 aliphatic carbocycles. The van der Waals surface area contributed by atoms with Crippen LogP contribution >= 0.6 is 0 Å². The van der Waals surface area contributed by atoms with Gasteiger partial charge in [-0.15, -0.1) is 0 Å². The van der Waals surface area contributed by atoms with E-state index in [1.807, 2.05) is 0 Å². The largest absolute Gasteiger partial charge is 0.351 e. The number of nitrogens with zero attached hydrogens (tertiary/aromatic N) is 1. The molecule has 8 nitrogen and oxygen atoms in total. The molecular weight excluding hydrogens is 446 g/mol. The Balaban J connectivity index is 1.32. The average Bonchev–Trinajstić information content (AvgIpc) is 3.17. The maximum Gasteiger partial charge on any atom is 0.263 e. The highest BCUT2D eigenvalue weighted by atomic mass is 19.2. The van der Waals surface area contributed by atoms with Crippen LogP contribution in [0, 0.1) is 11.6 Å². The third-order valence-corrected chi connectivity index (χ3v) is 5.25. The van der Waals surface area contributed by atoms with Crippen LogP contribution in [0.4, 0.5) is 20.2 Å². The molecule has 3 N–H and O–H groups in total. The second kappa shape index (κ2) is 9.65. The van der Waals surface area contributed by atoms with Crippen LogP contribution in [0.5, 0.6) is 0 Å². The first kappa shape index (κ1) is 22.8. The van der Waals surface area contributed by atoms with Crippen LogP contribution in [-0.4, -0.2) is 28.8 Å². The van der Waals surface area contributed by atoms with Crippen molar-refractivity contribution in [2.45, 2.75) is 19.4 Å². The quantitative estimate of drug-likeness (QED) is 0.497. The van der Waals surface area contributed by atoms with Gasteiger partial charge in [0.2, 0.25) is 11.8 Å². The summed E-state index contributed by atoms with van der Waals surface area (Å²) in [6, 6.07) is 11.2. The first-order valence-corrected chi connectivity index (χ1v) is 10.4. The monoisotopic (exact) mass is 466 g/mol. The summed E-state index contributed by atoms with van der Waals surface area (Å²) >= 11 is 0. The van der Waals surface area contributed by atoms with Crippen molar-refractivity contribution >= 4 is 29.1 Å². The number of nitrogens with one attached hydrogen (secondary N) is 3. The Labute approximate surface area is 192 Å². The van der Waals surface area contributed by atoms with E-state index in [1.165, 1.54) is 29.0 Å². The molecule has 1 aliphatic heterocycles. The second-order valence-corrected chi connectivity index (χ2v) is 7.75. The van der Waals surface area contributed by atoms with E-state index < -0.39 is 23.1 Å². The molecule has 0 saturated carbocycles. The molecule has 0 atom stereocenters. The van der Waals surface area contributed by atoms with Gasteiger partial charge in [0.1, 0.15) is 5.56 Å². The standard InChI is InChI=1S/C24H20F2N4O4/c25-18-5-3-14(10-19(18)26)13-30-9-1-2-17(24(30)34)23(33)27-8-7-21(31)28-16-4-6-20-15(11-16)12-22(32)29-20/h1-6,9-11H,7-8,12-13H2,(H,27,33)(H,28,31)(H,29,32). The molecule has 1 aromatic heterocycles. The fraction of sp³-hybridized carbons (Fsp3) is 0.167. The van der Waals surface area contributed by atoms with Crippen LogP contribution in [0.2, 0.25) is 0 Å². The van der Waals surface area contributed by atoms with Gasteiger partial charge in [-0.1, -0.05) is 6.07 Å². The van der Waals surface area contributed by atoms with Crippen LogP contribution in [0.25, 0.3) is 0 Å². The number of anilines is 2. The molecule has 0 fully saturated rings. The summed E-state index contributed by atoms with van der Waals surface area (Å²) in [5.74, 6) is -3.12. The minimum Gasteiger partial charge on any atom is -0.351 e. The summed E-state index contributed by atoms with van der Waals surface area (Å²) in [6.07, 6.45) is 1.66. The summed E-state index contributed by atoms with van der Waals surface area (Å²) in [5.41, 5.74) is 1.67. The molecule has 1 aliphatic rings. The Morgan fingerprint density at radius 2 is 1.85 bits per heavy atom. The van der Waals surface area contributed by atoms with Crippen molar-refractivity contribution in [1.82, 2.24) is 9.88 Å². The molecule has 0 radical (unpaired) electrons. The van der Waals surface area contributed by atoms with E-state index >= 15 is 0 Å². The SMILES string of the molecule is O=C(CCNC(=O)c1cccn(Cc2ccc(F)c(F)c2)c1=O)Nc1ccc2c(c1)CC(=O)N2. The van der Waals surface area contributed by atoms with E-state index in [4.69, 9.17) is 0 Å². The number of carbonyl (C=O) groups is 3. The first-order valence-electron chi connectivity index (χ1n) is 10.4. The van der Waals surface area contributed by atoms with E-state index in [1.54, 1.807) is 18.2 Å². The number of aromatic nitrogens is 1. The van der Waals surface area contributed by atoms with Gasteiger partial charge in [-0.05, 0) is 53.6 Å². The van der Waals surface area contributed by atoms with Crippen molar-refractivity contribution in [2.24, 2.45) is 0 Å². The predicted molar refractivity (Wildman–Crippen MR) is 121 cm³/mol. The zero-order chi connectivity index (χ0) is 24.2. The molecule has 34 heavy (non-hydrogen) atoms. The third kappa shape index (κ3) is 5.17. The highest BCUT2D eigenvalue weighted by molar-refractivity contribution is 6.00. The molecule has 3 aromatic rings. The number of carbonyl (C=O) groups excluding carboxylic acids is 3. The van der Waals surface area contributed by atoms with Crippen molar-refractivity contribution < 1.29 is 23.2 Å². The molecule has 3 amide bonds. The summed E-state index contributed by atoms with van der Waals surface area (Å²) in [7, 11) is 0. The van der Waals surface area contributed by atoms with Crippen molar-refractivity contribution in [2.75, 3.05) is 17.2 Å². The third-order valence-electron chi connectivity index (χ3n) is 5.25. The van der Waals surface area contributed by atoms with Crippen molar-refractivity contribution in [3.63, 3.8) is 0 Å². The summed E-state index contributed by atoms with van der Waals surface area (Å²) < 4.78 is 27.8. The van der Waals surface area contributed by atoms with Crippen molar-refractivity contribution in [1.29, 1.82) is 0 Å². The van der Waals surface area contributed by atoms with Gasteiger partial charge in [0.25, 0.3) is 11.5 Å². The van der Waals surface area contributed by atoms with E-state index in [2.05, 4.69) is 16.0 Å². The number of rotatable bonds is 7. The van der Waals surface area contributed by atoms with E-state index in [9.17, 15) is 28.0 Å². The van der Waals surface area contributed by atoms with Crippen LogP contribution < -0.4 is 21.5 Å². The number of fused-ring (bicyclic) bond motifs is 1. The lowest BCUT2D eigenvalue weighted by Gasteiger charge is -2.10. The zero-order valence-corrected chi connectivity index (χ0v) is 17.9. The summed E-state index contributed by atoms with van der Waals surface area (Å²) in [5, 5.41) is 7.95. The van der Waals surface area contributed by atoms with Gasteiger partial charge in [0.15, 0.2) is 11.6 Å². The number of amides is 3. The topological polar surface area (TPSA) is 109 Å². The number of hydrogen-bond acceptors (Lipinski definition) is 4. The molecule has 2 heterocycles. The molecule has 0 spiro atoms. The van der Waals surface area contributed by atoms with Gasteiger partial charge in [0.05, 0.1) is 13.0 Å². The van der Waals surface area contributed by atoms with Crippen LogP contribution in [0.15, 0.2) is 59.5 Å². The van der Waals surface area contributed by atoms with Gasteiger partial charge >= 0.3 is 0 Å². The van der Waals surface area contributed by atoms with Crippen molar-refractivity contribution in [3.05, 3.63) is 93.4 Å². The second-order valence-electron chi connectivity index (χ2n) is 7.75. The number of pyridine rings is 1. The van der Waals surface area contributed by atoms with E-state index in [0.29, 0.717) is 16.9 Å². The molecule has 10 heteroatoms. The van der Waals surface area contributed by atoms with Gasteiger partial charge in [-0.3, -0.25) is 19.2 Å². The molecule has 0 unspecified atom stereocenters. The maximum atomic E-state index is 13.4. The summed E-state index contributed by atoms with van der Waals surface area (Å²) in [4.78, 5) is 48.7. The highest BCUT2D eigenvalue weighted by Gasteiger charge is 2.18. The highest BCUT2D eigenvalue weighted by Crippen LogP contribution is 2.26. The lowest BCUT2D eigenvalue weighted by Crippen LogP contribution is -2.34. The lowest BCUT2D eigenvalue weighted by atomic mass is 10.1.